The first-order chi connectivity index (χ1) is 17.0. The molecule has 5 rings (SSSR count). The number of carbonyl (C=O) groups is 3. The molecule has 0 aromatic carbocycles. The van der Waals surface area contributed by atoms with E-state index in [1.807, 2.05) is 0 Å². The van der Waals surface area contributed by atoms with Crippen molar-refractivity contribution in [3.63, 3.8) is 0 Å². The first-order valence-electron chi connectivity index (χ1n) is 14.7. The van der Waals surface area contributed by atoms with Gasteiger partial charge in [-0.1, -0.05) is 64.7 Å². The molecule has 1 unspecified atom stereocenters. The van der Waals surface area contributed by atoms with E-state index in [1.165, 1.54) is 70.6 Å². The van der Waals surface area contributed by atoms with Gasteiger partial charge in [0.2, 0.25) is 11.8 Å². The molecule has 0 aromatic rings. The van der Waals surface area contributed by atoms with E-state index in [0.717, 1.165) is 32.1 Å². The number of unbranched alkanes of at least 4 members (excludes halogenated alkanes) is 9. The van der Waals surface area contributed by atoms with Crippen LogP contribution in [0.2, 0.25) is 0 Å². The van der Waals surface area contributed by atoms with Crippen molar-refractivity contribution < 1.29 is 19.1 Å². The van der Waals surface area contributed by atoms with Gasteiger partial charge in [-0.2, -0.15) is 0 Å². The Hall–Kier alpha value is -1.59. The molecule has 5 aliphatic rings. The van der Waals surface area contributed by atoms with Crippen molar-refractivity contribution in [1.29, 1.82) is 0 Å². The maximum absolute atomic E-state index is 13.8. The number of piperazine rings is 1. The lowest BCUT2D eigenvalue weighted by Crippen LogP contribution is -2.63. The Bertz CT molecular complexity index is 701. The van der Waals surface area contributed by atoms with Crippen LogP contribution in [-0.4, -0.2) is 48.4 Å². The normalized spacial score (nSPS) is 31.5. The van der Waals surface area contributed by atoms with Gasteiger partial charge in [0.15, 0.2) is 0 Å². The smallest absolute Gasteiger partial charge is 0.308 e. The topological polar surface area (TPSA) is 75.7 Å². The third-order valence-electron chi connectivity index (χ3n) is 9.20. The number of nitrogens with zero attached hydrogens (tertiary/aromatic N) is 1. The molecule has 4 bridgehead atoms. The van der Waals surface area contributed by atoms with Gasteiger partial charge in [0.05, 0.1) is 18.4 Å². The zero-order chi connectivity index (χ0) is 24.7. The van der Waals surface area contributed by atoms with Gasteiger partial charge < -0.3 is 15.0 Å². The van der Waals surface area contributed by atoms with Gasteiger partial charge in [0.1, 0.15) is 6.04 Å². The number of amides is 2. The fourth-order valence-electron chi connectivity index (χ4n) is 7.83. The zero-order valence-corrected chi connectivity index (χ0v) is 22.0. The van der Waals surface area contributed by atoms with Crippen LogP contribution in [0.25, 0.3) is 0 Å². The maximum atomic E-state index is 13.8. The highest BCUT2D eigenvalue weighted by Crippen LogP contribution is 2.60. The summed E-state index contributed by atoms with van der Waals surface area (Å²) < 4.78 is 5.49. The minimum Gasteiger partial charge on any atom is -0.466 e. The Morgan fingerprint density at radius 2 is 1.43 bits per heavy atom. The molecule has 4 aliphatic carbocycles. The third-order valence-corrected chi connectivity index (χ3v) is 9.20. The monoisotopic (exact) mass is 488 g/mol. The summed E-state index contributed by atoms with van der Waals surface area (Å²) >= 11 is 0. The van der Waals surface area contributed by atoms with Gasteiger partial charge in [-0.3, -0.25) is 14.4 Å². The number of hydrogen-bond donors (Lipinski definition) is 1. The van der Waals surface area contributed by atoms with Crippen molar-refractivity contribution in [1.82, 2.24) is 10.2 Å². The summed E-state index contributed by atoms with van der Waals surface area (Å²) in [5.74, 6) is 1.60. The molecule has 198 valence electrons. The summed E-state index contributed by atoms with van der Waals surface area (Å²) in [6, 6.07) is -0.718. The Labute approximate surface area is 212 Å². The van der Waals surface area contributed by atoms with Crippen molar-refractivity contribution >= 4 is 17.8 Å². The molecule has 1 atom stereocenters. The molecule has 0 spiro atoms. The minimum absolute atomic E-state index is 0.0261. The largest absolute Gasteiger partial charge is 0.466 e. The fraction of sp³-hybridized carbons (Fsp3) is 0.897. The van der Waals surface area contributed by atoms with Crippen molar-refractivity contribution in [3.05, 3.63) is 0 Å². The molecule has 0 radical (unpaired) electrons. The highest BCUT2D eigenvalue weighted by atomic mass is 16.5. The number of esters is 1. The molecular weight excluding hydrogens is 440 g/mol. The molecule has 1 heterocycles. The van der Waals surface area contributed by atoms with Gasteiger partial charge in [-0.25, -0.2) is 0 Å². The predicted octanol–water partition coefficient (Wildman–Crippen LogP) is 5.38. The second kappa shape index (κ2) is 12.6. The quantitative estimate of drug-likeness (QED) is 0.263. The highest BCUT2D eigenvalue weighted by Gasteiger charge is 2.56. The van der Waals surface area contributed by atoms with Crippen LogP contribution in [0.4, 0.5) is 0 Å². The van der Waals surface area contributed by atoms with Crippen molar-refractivity contribution in [2.45, 2.75) is 122 Å². The molecule has 1 aliphatic heterocycles. The zero-order valence-electron chi connectivity index (χ0n) is 22.0. The SMILES string of the molecule is CCCCCCCCCCCCOC(=O)CC1C(=O)NCCN1C(=O)C12CC3CC(CC(C3)C1)C2. The summed E-state index contributed by atoms with van der Waals surface area (Å²) in [6.07, 6.45) is 19.1. The van der Waals surface area contributed by atoms with E-state index in [4.69, 9.17) is 4.74 Å². The third kappa shape index (κ3) is 6.80. The average Bonchev–Trinajstić information content (AvgIpc) is 2.82. The van der Waals surface area contributed by atoms with Crippen LogP contribution in [0.15, 0.2) is 0 Å². The van der Waals surface area contributed by atoms with E-state index in [0.29, 0.717) is 37.5 Å². The van der Waals surface area contributed by atoms with Crippen LogP contribution < -0.4 is 5.32 Å². The number of carbonyl (C=O) groups excluding carboxylic acids is 3. The van der Waals surface area contributed by atoms with E-state index in [2.05, 4.69) is 12.2 Å². The van der Waals surface area contributed by atoms with E-state index in [1.54, 1.807) is 4.90 Å². The van der Waals surface area contributed by atoms with Crippen LogP contribution in [0.3, 0.4) is 0 Å². The summed E-state index contributed by atoms with van der Waals surface area (Å²) in [5.41, 5.74) is -0.287. The molecule has 5 fully saturated rings. The Balaban J connectivity index is 1.18. The Morgan fingerprint density at radius 3 is 2.00 bits per heavy atom. The van der Waals surface area contributed by atoms with Gasteiger partial charge in [-0.15, -0.1) is 0 Å². The van der Waals surface area contributed by atoms with Crippen LogP contribution >= 0.6 is 0 Å². The molecule has 4 saturated carbocycles. The lowest BCUT2D eigenvalue weighted by Gasteiger charge is -2.57. The number of hydrogen-bond acceptors (Lipinski definition) is 4. The molecule has 6 heteroatoms. The first-order valence-corrected chi connectivity index (χ1v) is 14.7. The molecule has 6 nitrogen and oxygen atoms in total. The van der Waals surface area contributed by atoms with Crippen LogP contribution in [-0.2, 0) is 19.1 Å². The molecular formula is C29H48N2O4. The van der Waals surface area contributed by atoms with Crippen molar-refractivity contribution in [2.24, 2.45) is 23.2 Å². The van der Waals surface area contributed by atoms with Crippen LogP contribution in [0, 0.1) is 23.2 Å². The van der Waals surface area contributed by atoms with Gasteiger partial charge in [0.25, 0.3) is 0 Å². The Kier molecular flexibility index (Phi) is 9.52. The predicted molar refractivity (Wildman–Crippen MR) is 137 cm³/mol. The number of rotatable bonds is 14. The molecule has 1 saturated heterocycles. The van der Waals surface area contributed by atoms with E-state index in [-0.39, 0.29) is 29.6 Å². The lowest BCUT2D eigenvalue weighted by molar-refractivity contribution is -0.166. The number of ether oxygens (including phenoxy) is 1. The van der Waals surface area contributed by atoms with Gasteiger partial charge in [-0.05, 0) is 62.7 Å². The number of nitrogens with one attached hydrogen (secondary N) is 1. The molecule has 35 heavy (non-hydrogen) atoms. The summed E-state index contributed by atoms with van der Waals surface area (Å²) in [5, 5.41) is 2.87. The fourth-order valence-corrected chi connectivity index (χ4v) is 7.83. The van der Waals surface area contributed by atoms with E-state index in [9.17, 15) is 14.4 Å². The second-order valence-electron chi connectivity index (χ2n) is 12.1. The molecule has 0 aromatic heterocycles. The standard InChI is InChI=1S/C29H48N2O4/c1-2-3-4-5-6-7-8-9-10-11-14-35-26(32)18-25-27(33)30-12-13-31(25)28(34)29-19-22-15-23(20-29)17-24(16-22)21-29/h22-25H,2-21H2,1H3,(H,30,33). The van der Waals surface area contributed by atoms with Gasteiger partial charge >= 0.3 is 5.97 Å². The van der Waals surface area contributed by atoms with Crippen LogP contribution in [0.1, 0.15) is 116 Å². The van der Waals surface area contributed by atoms with Crippen molar-refractivity contribution in [3.8, 4) is 0 Å². The first kappa shape index (κ1) is 26.5. The molecule has 2 amide bonds. The summed E-state index contributed by atoms with van der Waals surface area (Å²) in [6.45, 7) is 3.63. The minimum atomic E-state index is -0.718. The Morgan fingerprint density at radius 1 is 0.886 bits per heavy atom. The lowest BCUT2D eigenvalue weighted by atomic mass is 9.49. The summed E-state index contributed by atoms with van der Waals surface area (Å²) in [4.78, 5) is 40.9. The second-order valence-corrected chi connectivity index (χ2v) is 12.1. The average molecular weight is 489 g/mol. The highest BCUT2D eigenvalue weighted by molar-refractivity contribution is 5.93. The van der Waals surface area contributed by atoms with Crippen LogP contribution in [0.5, 0.6) is 0 Å². The van der Waals surface area contributed by atoms with E-state index < -0.39 is 6.04 Å². The molecule has 1 N–H and O–H groups in total. The maximum Gasteiger partial charge on any atom is 0.308 e. The van der Waals surface area contributed by atoms with Crippen molar-refractivity contribution in [2.75, 3.05) is 19.7 Å². The summed E-state index contributed by atoms with van der Waals surface area (Å²) in [7, 11) is 0. The van der Waals surface area contributed by atoms with Gasteiger partial charge in [0, 0.05) is 13.1 Å². The van der Waals surface area contributed by atoms with E-state index >= 15 is 0 Å².